The van der Waals surface area contributed by atoms with Gasteiger partial charge < -0.3 is 9.32 Å². The van der Waals surface area contributed by atoms with E-state index in [0.29, 0.717) is 6.54 Å². The molecule has 2 aromatic heterocycles. The molecular weight excluding hydrogens is 222 g/mol. The van der Waals surface area contributed by atoms with Crippen molar-refractivity contribution in [3.63, 3.8) is 0 Å². The normalized spacial score (nSPS) is 10.4. The maximum atomic E-state index is 11.9. The Labute approximate surface area is 98.3 Å². The maximum Gasteiger partial charge on any atom is 0.264 e. The fourth-order valence-electron chi connectivity index (χ4n) is 1.46. The predicted molar refractivity (Wildman–Crippen MR) is 63.6 cm³/mol. The molecule has 84 valence electrons. The number of nitrogens with zero attached hydrogens (tertiary/aromatic N) is 1. The summed E-state index contributed by atoms with van der Waals surface area (Å²) in [6, 6.07) is 7.51. The van der Waals surface area contributed by atoms with E-state index in [1.54, 1.807) is 11.9 Å². The van der Waals surface area contributed by atoms with Crippen molar-refractivity contribution in [1.82, 2.24) is 4.90 Å². The molecule has 0 aliphatic carbocycles. The van der Waals surface area contributed by atoms with Gasteiger partial charge in [-0.1, -0.05) is 6.07 Å². The average Bonchev–Trinajstić information content (AvgIpc) is 2.88. The van der Waals surface area contributed by atoms with E-state index in [0.717, 1.165) is 16.4 Å². The lowest BCUT2D eigenvalue weighted by Gasteiger charge is -2.14. The average molecular weight is 235 g/mol. The summed E-state index contributed by atoms with van der Waals surface area (Å²) >= 11 is 1.45. The molecule has 0 saturated carbocycles. The highest BCUT2D eigenvalue weighted by Crippen LogP contribution is 2.14. The first-order valence-electron chi connectivity index (χ1n) is 5.01. The van der Waals surface area contributed by atoms with Crippen LogP contribution in [-0.4, -0.2) is 17.9 Å². The molecule has 2 heterocycles. The molecule has 4 heteroatoms. The Kier molecular flexibility index (Phi) is 3.10. The zero-order valence-electron chi connectivity index (χ0n) is 9.27. The number of hydrogen-bond donors (Lipinski definition) is 0. The van der Waals surface area contributed by atoms with Crippen molar-refractivity contribution in [3.8, 4) is 0 Å². The Balaban J connectivity index is 2.03. The van der Waals surface area contributed by atoms with Crippen LogP contribution in [-0.2, 0) is 6.54 Å². The zero-order valence-corrected chi connectivity index (χ0v) is 10.1. The van der Waals surface area contributed by atoms with Crippen LogP contribution >= 0.6 is 11.3 Å². The summed E-state index contributed by atoms with van der Waals surface area (Å²) in [5.41, 5.74) is 0. The molecule has 0 saturated heterocycles. The van der Waals surface area contributed by atoms with Crippen LogP contribution in [0.5, 0.6) is 0 Å². The van der Waals surface area contributed by atoms with Crippen molar-refractivity contribution in [2.45, 2.75) is 13.5 Å². The van der Waals surface area contributed by atoms with Gasteiger partial charge in [0.15, 0.2) is 0 Å². The smallest absolute Gasteiger partial charge is 0.264 e. The molecule has 0 aliphatic heterocycles. The van der Waals surface area contributed by atoms with Gasteiger partial charge in [-0.05, 0) is 30.5 Å². The van der Waals surface area contributed by atoms with Gasteiger partial charge in [0.2, 0.25) is 0 Å². The molecule has 0 N–H and O–H groups in total. The highest BCUT2D eigenvalue weighted by molar-refractivity contribution is 7.12. The molecular formula is C12H13NO2S. The predicted octanol–water partition coefficient (Wildman–Crippen LogP) is 2.92. The van der Waals surface area contributed by atoms with Crippen LogP contribution in [0.2, 0.25) is 0 Å². The molecule has 16 heavy (non-hydrogen) atoms. The molecule has 0 aromatic carbocycles. The van der Waals surface area contributed by atoms with Crippen molar-refractivity contribution in [2.75, 3.05) is 7.05 Å². The van der Waals surface area contributed by atoms with Gasteiger partial charge in [0, 0.05) is 7.05 Å². The highest BCUT2D eigenvalue weighted by atomic mass is 32.1. The molecule has 0 fully saturated rings. The first-order chi connectivity index (χ1) is 7.66. The Hall–Kier alpha value is -1.55. The molecule has 2 rings (SSSR count). The van der Waals surface area contributed by atoms with Crippen LogP contribution in [0, 0.1) is 6.92 Å². The summed E-state index contributed by atoms with van der Waals surface area (Å²) in [7, 11) is 1.78. The molecule has 3 nitrogen and oxygen atoms in total. The van der Waals surface area contributed by atoms with Crippen LogP contribution in [0.4, 0.5) is 0 Å². The number of rotatable bonds is 3. The van der Waals surface area contributed by atoms with E-state index in [1.807, 2.05) is 36.6 Å². The Morgan fingerprint density at radius 2 is 2.25 bits per heavy atom. The van der Waals surface area contributed by atoms with Gasteiger partial charge in [-0.25, -0.2) is 0 Å². The molecule has 0 atom stereocenters. The largest absolute Gasteiger partial charge is 0.464 e. The van der Waals surface area contributed by atoms with Crippen LogP contribution < -0.4 is 0 Å². The van der Waals surface area contributed by atoms with E-state index in [1.165, 1.54) is 11.3 Å². The molecule has 1 amide bonds. The lowest BCUT2D eigenvalue weighted by Crippen LogP contribution is -2.25. The first kappa shape index (κ1) is 11.0. The summed E-state index contributed by atoms with van der Waals surface area (Å²) in [5.74, 6) is 1.71. The van der Waals surface area contributed by atoms with E-state index in [4.69, 9.17) is 4.42 Å². The number of thiophene rings is 1. The van der Waals surface area contributed by atoms with Gasteiger partial charge in [-0.2, -0.15) is 0 Å². The van der Waals surface area contributed by atoms with E-state index in [-0.39, 0.29) is 5.91 Å². The maximum absolute atomic E-state index is 11.9. The van der Waals surface area contributed by atoms with Gasteiger partial charge in [0.1, 0.15) is 11.5 Å². The summed E-state index contributed by atoms with van der Waals surface area (Å²) < 4.78 is 5.43. The van der Waals surface area contributed by atoms with Gasteiger partial charge >= 0.3 is 0 Å². The summed E-state index contributed by atoms with van der Waals surface area (Å²) in [6.07, 6.45) is 0. The summed E-state index contributed by atoms with van der Waals surface area (Å²) in [5, 5.41) is 1.90. The van der Waals surface area contributed by atoms with Crippen LogP contribution in [0.15, 0.2) is 34.1 Å². The van der Waals surface area contributed by atoms with Crippen molar-refractivity contribution in [3.05, 3.63) is 46.0 Å². The van der Waals surface area contributed by atoms with E-state index in [2.05, 4.69) is 0 Å². The number of amides is 1. The Bertz CT molecular complexity index is 473. The number of aryl methyl sites for hydroxylation is 1. The third kappa shape index (κ3) is 2.33. The third-order valence-corrected chi connectivity index (χ3v) is 3.13. The number of carbonyl (C=O) groups is 1. The van der Waals surface area contributed by atoms with E-state index < -0.39 is 0 Å². The van der Waals surface area contributed by atoms with E-state index in [9.17, 15) is 4.79 Å². The first-order valence-corrected chi connectivity index (χ1v) is 5.89. The quantitative estimate of drug-likeness (QED) is 0.819. The van der Waals surface area contributed by atoms with Gasteiger partial charge in [0.05, 0.1) is 11.4 Å². The van der Waals surface area contributed by atoms with Crippen LogP contribution in [0.25, 0.3) is 0 Å². The van der Waals surface area contributed by atoms with Gasteiger partial charge in [-0.15, -0.1) is 11.3 Å². The second-order valence-electron chi connectivity index (χ2n) is 3.65. The summed E-state index contributed by atoms with van der Waals surface area (Å²) in [6.45, 7) is 2.40. The lowest BCUT2D eigenvalue weighted by molar-refractivity contribution is 0.0780. The Morgan fingerprint density at radius 1 is 1.44 bits per heavy atom. The highest BCUT2D eigenvalue weighted by Gasteiger charge is 2.13. The van der Waals surface area contributed by atoms with Gasteiger partial charge in [0.25, 0.3) is 5.91 Å². The lowest BCUT2D eigenvalue weighted by atomic mass is 10.3. The zero-order chi connectivity index (χ0) is 11.5. The topological polar surface area (TPSA) is 33.5 Å². The fourth-order valence-corrected chi connectivity index (χ4v) is 2.18. The van der Waals surface area contributed by atoms with Crippen LogP contribution in [0.1, 0.15) is 21.2 Å². The standard InChI is InChI=1S/C12H13NO2S/c1-9-5-6-10(15-9)8-13(2)12(14)11-4-3-7-16-11/h3-7H,8H2,1-2H3. The van der Waals surface area contributed by atoms with Crippen molar-refractivity contribution in [1.29, 1.82) is 0 Å². The molecule has 0 unspecified atom stereocenters. The van der Waals surface area contributed by atoms with Gasteiger partial charge in [-0.3, -0.25) is 4.79 Å². The third-order valence-electron chi connectivity index (χ3n) is 2.27. The molecule has 2 aromatic rings. The second-order valence-corrected chi connectivity index (χ2v) is 4.60. The van der Waals surface area contributed by atoms with Crippen molar-refractivity contribution >= 4 is 17.2 Å². The fraction of sp³-hybridized carbons (Fsp3) is 0.250. The minimum absolute atomic E-state index is 0.0315. The van der Waals surface area contributed by atoms with Crippen LogP contribution in [0.3, 0.4) is 0 Å². The monoisotopic (exact) mass is 235 g/mol. The van der Waals surface area contributed by atoms with Crippen molar-refractivity contribution < 1.29 is 9.21 Å². The SMILES string of the molecule is Cc1ccc(CN(C)C(=O)c2cccs2)o1. The molecule has 0 radical (unpaired) electrons. The number of hydrogen-bond acceptors (Lipinski definition) is 3. The minimum atomic E-state index is 0.0315. The molecule has 0 spiro atoms. The minimum Gasteiger partial charge on any atom is -0.464 e. The number of furan rings is 1. The van der Waals surface area contributed by atoms with E-state index >= 15 is 0 Å². The van der Waals surface area contributed by atoms with Crippen molar-refractivity contribution in [2.24, 2.45) is 0 Å². The Morgan fingerprint density at radius 3 is 2.81 bits per heavy atom. The second kappa shape index (κ2) is 4.53. The number of carbonyl (C=O) groups excluding carboxylic acids is 1. The summed E-state index contributed by atoms with van der Waals surface area (Å²) in [4.78, 5) is 14.3. The molecule has 0 aliphatic rings. The molecule has 0 bridgehead atoms.